The van der Waals surface area contributed by atoms with E-state index in [1.54, 1.807) is 0 Å². The van der Waals surface area contributed by atoms with Crippen LogP contribution >= 0.6 is 0 Å². The number of fused-ring (bicyclic) bond motifs is 7. The molecule has 0 radical (unpaired) electrons. The summed E-state index contributed by atoms with van der Waals surface area (Å²) in [5, 5.41) is 6.97. The minimum atomic E-state index is 0.877. The van der Waals surface area contributed by atoms with Crippen LogP contribution in [-0.2, 0) is 0 Å². The highest BCUT2D eigenvalue weighted by Crippen LogP contribution is 2.42. The molecular formula is C52H33NO2. The molecule has 0 saturated heterocycles. The second-order valence-electron chi connectivity index (χ2n) is 14.1. The van der Waals surface area contributed by atoms with Crippen LogP contribution in [0.15, 0.2) is 209 Å². The number of benzene rings is 9. The van der Waals surface area contributed by atoms with Crippen molar-refractivity contribution < 1.29 is 8.83 Å². The van der Waals surface area contributed by atoms with Gasteiger partial charge in [0, 0.05) is 38.6 Å². The zero-order chi connectivity index (χ0) is 36.3. The van der Waals surface area contributed by atoms with Crippen LogP contribution in [0, 0.1) is 0 Å². The molecule has 3 heteroatoms. The maximum atomic E-state index is 6.23. The lowest BCUT2D eigenvalue weighted by Crippen LogP contribution is -2.09. The van der Waals surface area contributed by atoms with E-state index in [-0.39, 0.29) is 0 Å². The third-order valence-corrected chi connectivity index (χ3v) is 10.9. The van der Waals surface area contributed by atoms with Crippen molar-refractivity contribution in [3.8, 4) is 33.4 Å². The van der Waals surface area contributed by atoms with Crippen LogP contribution in [0.1, 0.15) is 0 Å². The van der Waals surface area contributed by atoms with Gasteiger partial charge < -0.3 is 13.7 Å². The molecule has 11 aromatic rings. The summed E-state index contributed by atoms with van der Waals surface area (Å²) in [4.78, 5) is 2.33. The van der Waals surface area contributed by atoms with Gasteiger partial charge in [-0.1, -0.05) is 133 Å². The second-order valence-corrected chi connectivity index (χ2v) is 14.1. The lowest BCUT2D eigenvalue weighted by molar-refractivity contribution is 0.668. The lowest BCUT2D eigenvalue weighted by Gasteiger charge is -2.26. The highest BCUT2D eigenvalue weighted by molar-refractivity contribution is 6.12. The number of furan rings is 2. The average molecular weight is 704 g/mol. The summed E-state index contributed by atoms with van der Waals surface area (Å²) in [5.41, 5.74) is 13.8. The Bertz CT molecular complexity index is 3200. The predicted octanol–water partition coefficient (Wildman–Crippen LogP) is 15.1. The number of anilines is 3. The molecule has 0 bridgehead atoms. The van der Waals surface area contributed by atoms with Crippen LogP contribution in [0.4, 0.5) is 17.1 Å². The van der Waals surface area contributed by atoms with Crippen LogP contribution in [-0.4, -0.2) is 0 Å². The Morgan fingerprint density at radius 3 is 1.65 bits per heavy atom. The summed E-state index contributed by atoms with van der Waals surface area (Å²) in [6.07, 6.45) is 0. The van der Waals surface area contributed by atoms with Crippen LogP contribution in [0.5, 0.6) is 0 Å². The van der Waals surface area contributed by atoms with Crippen LogP contribution in [0.2, 0.25) is 0 Å². The number of hydrogen-bond donors (Lipinski definition) is 0. The van der Waals surface area contributed by atoms with Gasteiger partial charge in [-0.15, -0.1) is 0 Å². The molecule has 0 saturated carbocycles. The Morgan fingerprint density at radius 2 is 0.836 bits per heavy atom. The Morgan fingerprint density at radius 1 is 0.291 bits per heavy atom. The van der Waals surface area contributed by atoms with Gasteiger partial charge in [0.05, 0.1) is 0 Å². The molecule has 0 fully saturated rings. The first-order chi connectivity index (χ1) is 27.2. The molecule has 2 heterocycles. The topological polar surface area (TPSA) is 29.5 Å². The largest absolute Gasteiger partial charge is 0.456 e. The zero-order valence-electron chi connectivity index (χ0n) is 29.8. The molecule has 0 aliphatic rings. The third kappa shape index (κ3) is 5.28. The van der Waals surface area contributed by atoms with Crippen molar-refractivity contribution in [2.45, 2.75) is 0 Å². The summed E-state index contributed by atoms with van der Waals surface area (Å²) < 4.78 is 12.4. The number of hydrogen-bond acceptors (Lipinski definition) is 3. The first kappa shape index (κ1) is 31.2. The highest BCUT2D eigenvalue weighted by Gasteiger charge is 2.18. The molecule has 0 spiro atoms. The zero-order valence-corrected chi connectivity index (χ0v) is 29.8. The fraction of sp³-hybridized carbons (Fsp3) is 0. The van der Waals surface area contributed by atoms with Gasteiger partial charge in [0.2, 0.25) is 0 Å². The van der Waals surface area contributed by atoms with Crippen molar-refractivity contribution >= 4 is 71.7 Å². The molecular weight excluding hydrogens is 671 g/mol. The average Bonchev–Trinajstić information content (AvgIpc) is 3.83. The van der Waals surface area contributed by atoms with Gasteiger partial charge in [0.15, 0.2) is 0 Å². The molecule has 0 aliphatic heterocycles. The van der Waals surface area contributed by atoms with Crippen LogP contribution in [0.25, 0.3) is 88.0 Å². The number of rotatable bonds is 6. The first-order valence-electron chi connectivity index (χ1n) is 18.7. The standard InChI is InChI=1S/C52H33NO2/c1-2-14-42-35(10-1)11-8-17-43(42)38-13-7-12-37(32-38)34-22-26-39(27-23-34)53(41-30-31-50-47(33-41)45-15-3-5-19-48(45)54-50)40-28-24-36(25-29-40)44-18-9-21-51-52(44)46-16-4-6-20-49(46)55-51/h1-33H. The maximum Gasteiger partial charge on any atom is 0.136 e. The summed E-state index contributed by atoms with van der Waals surface area (Å²) in [5.74, 6) is 0. The molecule has 55 heavy (non-hydrogen) atoms. The Hall–Kier alpha value is -7.36. The van der Waals surface area contributed by atoms with Crippen molar-refractivity contribution in [2.24, 2.45) is 0 Å². The van der Waals surface area contributed by atoms with Gasteiger partial charge in [0.1, 0.15) is 22.3 Å². The minimum Gasteiger partial charge on any atom is -0.456 e. The maximum absolute atomic E-state index is 6.23. The molecule has 2 aromatic heterocycles. The quantitative estimate of drug-likeness (QED) is 0.173. The van der Waals surface area contributed by atoms with E-state index in [2.05, 4.69) is 175 Å². The fourth-order valence-corrected chi connectivity index (χ4v) is 8.25. The predicted molar refractivity (Wildman–Crippen MR) is 229 cm³/mol. The molecule has 0 N–H and O–H groups in total. The summed E-state index contributed by atoms with van der Waals surface area (Å²) in [6, 6.07) is 71.1. The summed E-state index contributed by atoms with van der Waals surface area (Å²) in [6.45, 7) is 0. The smallest absolute Gasteiger partial charge is 0.136 e. The van der Waals surface area contributed by atoms with Crippen LogP contribution < -0.4 is 4.90 Å². The summed E-state index contributed by atoms with van der Waals surface area (Å²) in [7, 11) is 0. The van der Waals surface area contributed by atoms with Crippen molar-refractivity contribution in [3.05, 3.63) is 200 Å². The van der Waals surface area contributed by atoms with Crippen molar-refractivity contribution in [1.29, 1.82) is 0 Å². The highest BCUT2D eigenvalue weighted by atomic mass is 16.3. The van der Waals surface area contributed by atoms with Gasteiger partial charge in [0.25, 0.3) is 0 Å². The first-order valence-corrected chi connectivity index (χ1v) is 18.7. The van der Waals surface area contributed by atoms with E-state index in [1.807, 2.05) is 30.3 Å². The number of nitrogens with zero attached hydrogens (tertiary/aromatic N) is 1. The Kier molecular flexibility index (Phi) is 7.17. The summed E-state index contributed by atoms with van der Waals surface area (Å²) >= 11 is 0. The van der Waals surface area contributed by atoms with E-state index < -0.39 is 0 Å². The van der Waals surface area contributed by atoms with E-state index in [1.165, 1.54) is 27.5 Å². The molecule has 0 unspecified atom stereocenters. The van der Waals surface area contributed by atoms with E-state index in [4.69, 9.17) is 8.83 Å². The molecule has 0 atom stereocenters. The lowest BCUT2D eigenvalue weighted by atomic mass is 9.95. The van der Waals surface area contributed by atoms with Gasteiger partial charge in [-0.05, 0) is 111 Å². The van der Waals surface area contributed by atoms with Crippen LogP contribution in [0.3, 0.4) is 0 Å². The van der Waals surface area contributed by atoms with Crippen molar-refractivity contribution in [2.75, 3.05) is 4.90 Å². The second kappa shape index (κ2) is 12.6. The van der Waals surface area contributed by atoms with Gasteiger partial charge in [-0.3, -0.25) is 0 Å². The normalized spacial score (nSPS) is 11.6. The molecule has 0 amide bonds. The van der Waals surface area contributed by atoms with E-state index in [9.17, 15) is 0 Å². The molecule has 9 aromatic carbocycles. The van der Waals surface area contributed by atoms with Gasteiger partial charge in [-0.2, -0.15) is 0 Å². The number of para-hydroxylation sites is 2. The van der Waals surface area contributed by atoms with Crippen molar-refractivity contribution in [3.63, 3.8) is 0 Å². The van der Waals surface area contributed by atoms with E-state index in [0.717, 1.165) is 77.6 Å². The monoisotopic (exact) mass is 703 g/mol. The fourth-order valence-electron chi connectivity index (χ4n) is 8.25. The molecule has 258 valence electrons. The van der Waals surface area contributed by atoms with Gasteiger partial charge >= 0.3 is 0 Å². The molecule has 0 aliphatic carbocycles. The SMILES string of the molecule is c1cc(-c2ccc(N(c3ccc(-c4cccc5oc6ccccc6c45)cc3)c3ccc4oc5ccccc5c4c3)cc2)cc(-c2cccc3ccccc23)c1. The molecule has 11 rings (SSSR count). The van der Waals surface area contributed by atoms with Crippen molar-refractivity contribution in [1.82, 2.24) is 0 Å². The third-order valence-electron chi connectivity index (χ3n) is 10.9. The Balaban J connectivity index is 1.01. The van der Waals surface area contributed by atoms with E-state index in [0.29, 0.717) is 0 Å². The Labute approximate surface area is 317 Å². The molecule has 3 nitrogen and oxygen atoms in total. The van der Waals surface area contributed by atoms with Gasteiger partial charge in [-0.25, -0.2) is 0 Å². The minimum absolute atomic E-state index is 0.877. The van der Waals surface area contributed by atoms with E-state index >= 15 is 0 Å².